The van der Waals surface area contributed by atoms with Gasteiger partial charge in [0.25, 0.3) is 0 Å². The number of benzene rings is 1. The van der Waals surface area contributed by atoms with Crippen molar-refractivity contribution < 1.29 is 4.39 Å². The summed E-state index contributed by atoms with van der Waals surface area (Å²) in [5.74, 6) is -0.200. The predicted octanol–water partition coefficient (Wildman–Crippen LogP) is 3.94. The Hall–Kier alpha value is -1.26. The molecule has 2 nitrogen and oxygen atoms in total. The second-order valence-electron chi connectivity index (χ2n) is 4.84. The van der Waals surface area contributed by atoms with E-state index in [9.17, 15) is 4.39 Å². The summed E-state index contributed by atoms with van der Waals surface area (Å²) in [6.07, 6.45) is 3.39. The van der Waals surface area contributed by atoms with Crippen molar-refractivity contribution in [1.82, 2.24) is 10.3 Å². The van der Waals surface area contributed by atoms with Gasteiger partial charge in [0.1, 0.15) is 10.8 Å². The number of halogens is 1. The molecule has 2 aromatic rings. The summed E-state index contributed by atoms with van der Waals surface area (Å²) in [5.41, 5.74) is 2.08. The van der Waals surface area contributed by atoms with Crippen LogP contribution in [0.1, 0.15) is 36.4 Å². The van der Waals surface area contributed by atoms with Crippen LogP contribution >= 0.6 is 11.3 Å². The van der Waals surface area contributed by atoms with Crippen LogP contribution in [0.3, 0.4) is 0 Å². The molecule has 19 heavy (non-hydrogen) atoms. The third-order valence-electron chi connectivity index (χ3n) is 3.47. The van der Waals surface area contributed by atoms with Crippen molar-refractivity contribution in [3.8, 4) is 10.6 Å². The molecule has 0 fully saturated rings. The average molecular weight is 276 g/mol. The van der Waals surface area contributed by atoms with E-state index in [1.807, 2.05) is 6.07 Å². The fraction of sp³-hybridized carbons (Fsp3) is 0.400. The smallest absolute Gasteiger partial charge is 0.124 e. The van der Waals surface area contributed by atoms with E-state index in [2.05, 4.69) is 12.2 Å². The van der Waals surface area contributed by atoms with Gasteiger partial charge >= 0.3 is 0 Å². The van der Waals surface area contributed by atoms with Gasteiger partial charge in [-0.15, -0.1) is 11.3 Å². The molecule has 1 heterocycles. The normalized spacial score (nSPS) is 18.3. The number of hydrogen-bond donors (Lipinski definition) is 1. The molecule has 1 aliphatic rings. The summed E-state index contributed by atoms with van der Waals surface area (Å²) >= 11 is 1.70. The summed E-state index contributed by atoms with van der Waals surface area (Å²) in [6.45, 7) is 3.10. The molecule has 4 heteroatoms. The fourth-order valence-electron chi connectivity index (χ4n) is 2.61. The van der Waals surface area contributed by atoms with Crippen LogP contribution in [0.5, 0.6) is 0 Å². The molecule has 1 N–H and O–H groups in total. The van der Waals surface area contributed by atoms with E-state index in [4.69, 9.17) is 4.98 Å². The number of hydrogen-bond acceptors (Lipinski definition) is 3. The van der Waals surface area contributed by atoms with E-state index in [1.54, 1.807) is 23.5 Å². The quantitative estimate of drug-likeness (QED) is 0.918. The number of thiazole rings is 1. The van der Waals surface area contributed by atoms with Crippen LogP contribution in [0.2, 0.25) is 0 Å². The molecule has 0 radical (unpaired) electrons. The first-order valence-electron chi connectivity index (χ1n) is 6.77. The Morgan fingerprint density at radius 3 is 3.16 bits per heavy atom. The highest BCUT2D eigenvalue weighted by Crippen LogP contribution is 2.37. The predicted molar refractivity (Wildman–Crippen MR) is 76.9 cm³/mol. The van der Waals surface area contributed by atoms with Gasteiger partial charge in [-0.2, -0.15) is 0 Å². The Morgan fingerprint density at radius 1 is 1.47 bits per heavy atom. The van der Waals surface area contributed by atoms with Crippen molar-refractivity contribution >= 4 is 11.3 Å². The van der Waals surface area contributed by atoms with Gasteiger partial charge in [-0.25, -0.2) is 9.37 Å². The fourth-order valence-corrected chi connectivity index (χ4v) is 3.82. The van der Waals surface area contributed by atoms with E-state index >= 15 is 0 Å². The zero-order valence-electron chi connectivity index (χ0n) is 10.9. The molecule has 100 valence electrons. The Labute approximate surface area is 116 Å². The number of aryl methyl sites for hydroxylation is 1. The Bertz CT molecular complexity index is 579. The Kier molecular flexibility index (Phi) is 3.62. The first-order valence-corrected chi connectivity index (χ1v) is 7.58. The van der Waals surface area contributed by atoms with Crippen molar-refractivity contribution in [2.24, 2.45) is 0 Å². The molecule has 3 rings (SSSR count). The molecule has 1 aromatic carbocycles. The average Bonchev–Trinajstić information content (AvgIpc) is 2.84. The van der Waals surface area contributed by atoms with Crippen LogP contribution in [0.25, 0.3) is 10.6 Å². The molecular formula is C15H17FN2S. The van der Waals surface area contributed by atoms with Crippen LogP contribution in [0.4, 0.5) is 4.39 Å². The Morgan fingerprint density at radius 2 is 2.37 bits per heavy atom. The van der Waals surface area contributed by atoms with Crippen LogP contribution < -0.4 is 5.32 Å². The molecule has 0 saturated heterocycles. The largest absolute Gasteiger partial charge is 0.309 e. The molecule has 0 saturated carbocycles. The minimum atomic E-state index is -0.200. The SMILES string of the molecule is CCNC1CCCc2nc(-c3cccc(F)c3)sc21. The van der Waals surface area contributed by atoms with Gasteiger partial charge in [0.15, 0.2) is 0 Å². The lowest BCUT2D eigenvalue weighted by Crippen LogP contribution is -2.23. The molecule has 1 atom stereocenters. The summed E-state index contributed by atoms with van der Waals surface area (Å²) in [6, 6.07) is 7.13. The van der Waals surface area contributed by atoms with Crippen LogP contribution in [-0.4, -0.2) is 11.5 Å². The molecule has 1 aromatic heterocycles. The second-order valence-corrected chi connectivity index (χ2v) is 5.87. The highest BCUT2D eigenvalue weighted by atomic mass is 32.1. The van der Waals surface area contributed by atoms with Gasteiger partial charge in [0.2, 0.25) is 0 Å². The van der Waals surface area contributed by atoms with E-state index in [0.29, 0.717) is 6.04 Å². The number of nitrogens with zero attached hydrogens (tertiary/aromatic N) is 1. The lowest BCUT2D eigenvalue weighted by Gasteiger charge is -2.21. The minimum Gasteiger partial charge on any atom is -0.309 e. The van der Waals surface area contributed by atoms with Gasteiger partial charge < -0.3 is 5.32 Å². The lowest BCUT2D eigenvalue weighted by molar-refractivity contribution is 0.476. The van der Waals surface area contributed by atoms with Crippen molar-refractivity contribution in [3.63, 3.8) is 0 Å². The number of fused-ring (bicyclic) bond motifs is 1. The molecule has 0 amide bonds. The van der Waals surface area contributed by atoms with Crippen LogP contribution in [-0.2, 0) is 6.42 Å². The van der Waals surface area contributed by atoms with E-state index in [0.717, 1.165) is 23.5 Å². The van der Waals surface area contributed by atoms with E-state index < -0.39 is 0 Å². The van der Waals surface area contributed by atoms with Gasteiger partial charge in [-0.1, -0.05) is 19.1 Å². The maximum absolute atomic E-state index is 13.3. The molecular weight excluding hydrogens is 259 g/mol. The number of nitrogens with one attached hydrogen (secondary N) is 1. The maximum atomic E-state index is 13.3. The zero-order valence-corrected chi connectivity index (χ0v) is 11.8. The van der Waals surface area contributed by atoms with E-state index in [1.165, 1.54) is 29.5 Å². The standard InChI is InChI=1S/C15H17FN2S/c1-2-17-12-7-4-8-13-14(12)19-15(18-13)10-5-3-6-11(16)9-10/h3,5-6,9,12,17H,2,4,7-8H2,1H3. The summed E-state index contributed by atoms with van der Waals surface area (Å²) in [5, 5.41) is 4.45. The van der Waals surface area contributed by atoms with Crippen molar-refractivity contribution in [2.45, 2.75) is 32.2 Å². The third-order valence-corrected chi connectivity index (χ3v) is 4.73. The Balaban J connectivity index is 1.97. The van der Waals surface area contributed by atoms with Crippen molar-refractivity contribution in [1.29, 1.82) is 0 Å². The minimum absolute atomic E-state index is 0.200. The van der Waals surface area contributed by atoms with Gasteiger partial charge in [-0.3, -0.25) is 0 Å². The third kappa shape index (κ3) is 2.55. The van der Waals surface area contributed by atoms with Crippen molar-refractivity contribution in [3.05, 3.63) is 40.7 Å². The first-order chi connectivity index (χ1) is 9.28. The lowest BCUT2D eigenvalue weighted by atomic mass is 9.98. The summed E-state index contributed by atoms with van der Waals surface area (Å²) in [7, 11) is 0. The van der Waals surface area contributed by atoms with Crippen molar-refractivity contribution in [2.75, 3.05) is 6.54 Å². The topological polar surface area (TPSA) is 24.9 Å². The number of aromatic nitrogens is 1. The summed E-state index contributed by atoms with van der Waals surface area (Å²) in [4.78, 5) is 6.05. The van der Waals surface area contributed by atoms with Crippen LogP contribution in [0.15, 0.2) is 24.3 Å². The zero-order chi connectivity index (χ0) is 13.2. The highest BCUT2D eigenvalue weighted by molar-refractivity contribution is 7.15. The highest BCUT2D eigenvalue weighted by Gasteiger charge is 2.24. The molecule has 0 aliphatic heterocycles. The molecule has 0 spiro atoms. The number of rotatable bonds is 3. The van der Waals surface area contributed by atoms with Gasteiger partial charge in [0, 0.05) is 16.5 Å². The molecule has 1 unspecified atom stereocenters. The van der Waals surface area contributed by atoms with Gasteiger partial charge in [0.05, 0.1) is 5.69 Å². The maximum Gasteiger partial charge on any atom is 0.124 e. The van der Waals surface area contributed by atoms with Gasteiger partial charge in [-0.05, 0) is 37.9 Å². The van der Waals surface area contributed by atoms with Crippen LogP contribution in [0, 0.1) is 5.82 Å². The second kappa shape index (κ2) is 5.39. The first kappa shape index (κ1) is 12.8. The summed E-state index contributed by atoms with van der Waals surface area (Å²) < 4.78 is 13.3. The molecule has 0 bridgehead atoms. The molecule has 1 aliphatic carbocycles. The monoisotopic (exact) mass is 276 g/mol. The van der Waals surface area contributed by atoms with E-state index in [-0.39, 0.29) is 5.82 Å².